The van der Waals surface area contributed by atoms with Crippen LogP contribution in [0.5, 0.6) is 0 Å². The van der Waals surface area contributed by atoms with Crippen LogP contribution in [0.2, 0.25) is 0 Å². The third-order valence-corrected chi connectivity index (χ3v) is 7.24. The Hall–Kier alpha value is -2.50. The van der Waals surface area contributed by atoms with Crippen LogP contribution in [0.4, 0.5) is 10.1 Å². The first kappa shape index (κ1) is 23.2. The summed E-state index contributed by atoms with van der Waals surface area (Å²) in [6.07, 6.45) is 1.24. The van der Waals surface area contributed by atoms with E-state index in [9.17, 15) is 22.4 Å². The molecule has 0 radical (unpaired) electrons. The molecule has 0 spiro atoms. The summed E-state index contributed by atoms with van der Waals surface area (Å²) in [4.78, 5) is 26.3. The van der Waals surface area contributed by atoms with Crippen molar-refractivity contribution in [2.45, 2.75) is 16.6 Å². The second-order valence-electron chi connectivity index (χ2n) is 6.41. The van der Waals surface area contributed by atoms with Gasteiger partial charge < -0.3 is 5.32 Å². The molecule has 31 heavy (non-hydrogen) atoms. The van der Waals surface area contributed by atoms with E-state index in [0.717, 1.165) is 11.8 Å². The maximum atomic E-state index is 13.0. The summed E-state index contributed by atoms with van der Waals surface area (Å²) >= 11 is 4.14. The van der Waals surface area contributed by atoms with Crippen molar-refractivity contribution in [2.24, 2.45) is 4.40 Å². The molecular formula is C20H17BrFN3O4S2. The Bertz CT molecular complexity index is 1140. The first-order valence-corrected chi connectivity index (χ1v) is 12.1. The second kappa shape index (κ2) is 9.75. The minimum atomic E-state index is -4.06. The van der Waals surface area contributed by atoms with Gasteiger partial charge in [-0.05, 0) is 48.5 Å². The SMILES string of the molecule is C=CCN1C(=O)[C@@H](CC(=O)Nc2ccc(F)cc2)SC1=NS(=O)(=O)c1ccc(Br)cc1. The topological polar surface area (TPSA) is 95.9 Å². The van der Waals surface area contributed by atoms with Gasteiger partial charge in [0.05, 0.1) is 4.90 Å². The minimum Gasteiger partial charge on any atom is -0.326 e. The molecule has 0 aromatic heterocycles. The average Bonchev–Trinajstić information content (AvgIpc) is 2.98. The third-order valence-electron chi connectivity index (χ3n) is 4.14. The Balaban J connectivity index is 1.78. The lowest BCUT2D eigenvalue weighted by Gasteiger charge is -2.13. The van der Waals surface area contributed by atoms with Gasteiger partial charge in [0.15, 0.2) is 5.17 Å². The quantitative estimate of drug-likeness (QED) is 0.554. The van der Waals surface area contributed by atoms with Gasteiger partial charge in [0.1, 0.15) is 11.1 Å². The Morgan fingerprint density at radius 1 is 1.23 bits per heavy atom. The summed E-state index contributed by atoms with van der Waals surface area (Å²) in [6, 6.07) is 11.2. The van der Waals surface area contributed by atoms with Gasteiger partial charge in [-0.15, -0.1) is 11.0 Å². The fraction of sp³-hybridized carbons (Fsp3) is 0.150. The van der Waals surface area contributed by atoms with Crippen LogP contribution >= 0.6 is 27.7 Å². The molecule has 0 bridgehead atoms. The molecule has 0 unspecified atom stereocenters. The summed E-state index contributed by atoms with van der Waals surface area (Å²) < 4.78 is 42.9. The fourth-order valence-corrected chi connectivity index (χ4v) is 5.31. The third kappa shape index (κ3) is 5.81. The highest BCUT2D eigenvalue weighted by molar-refractivity contribution is 9.10. The van der Waals surface area contributed by atoms with Crippen molar-refractivity contribution in [1.29, 1.82) is 0 Å². The fourth-order valence-electron chi connectivity index (χ4n) is 2.68. The van der Waals surface area contributed by atoms with Crippen LogP contribution in [0, 0.1) is 5.82 Å². The number of thioether (sulfide) groups is 1. The van der Waals surface area contributed by atoms with Gasteiger partial charge in [0.2, 0.25) is 11.8 Å². The molecule has 2 amide bonds. The maximum absolute atomic E-state index is 13.0. The number of amides is 2. The summed E-state index contributed by atoms with van der Waals surface area (Å²) in [5.74, 6) is -1.34. The van der Waals surface area contributed by atoms with Crippen molar-refractivity contribution < 1.29 is 22.4 Å². The molecule has 7 nitrogen and oxygen atoms in total. The van der Waals surface area contributed by atoms with E-state index in [0.29, 0.717) is 10.2 Å². The molecular weight excluding hydrogens is 509 g/mol. The highest BCUT2D eigenvalue weighted by Gasteiger charge is 2.39. The van der Waals surface area contributed by atoms with Crippen LogP contribution in [-0.2, 0) is 19.6 Å². The van der Waals surface area contributed by atoms with Crippen molar-refractivity contribution in [3.8, 4) is 0 Å². The Morgan fingerprint density at radius 3 is 2.48 bits per heavy atom. The zero-order chi connectivity index (χ0) is 22.6. The Kier molecular flexibility index (Phi) is 7.29. The summed E-state index contributed by atoms with van der Waals surface area (Å²) in [7, 11) is -4.06. The molecule has 0 saturated carbocycles. The summed E-state index contributed by atoms with van der Waals surface area (Å²) in [6.45, 7) is 3.64. The number of carbonyl (C=O) groups is 2. The van der Waals surface area contributed by atoms with Crippen LogP contribution in [0.3, 0.4) is 0 Å². The van der Waals surface area contributed by atoms with Crippen LogP contribution in [0.25, 0.3) is 0 Å². The van der Waals surface area contributed by atoms with Crippen molar-refractivity contribution in [1.82, 2.24) is 4.90 Å². The molecule has 3 rings (SSSR count). The Morgan fingerprint density at radius 2 is 1.87 bits per heavy atom. The lowest BCUT2D eigenvalue weighted by Crippen LogP contribution is -2.33. The van der Waals surface area contributed by atoms with E-state index in [4.69, 9.17) is 0 Å². The lowest BCUT2D eigenvalue weighted by atomic mass is 10.2. The highest BCUT2D eigenvalue weighted by atomic mass is 79.9. The number of hydrogen-bond donors (Lipinski definition) is 1. The molecule has 1 heterocycles. The predicted molar refractivity (Wildman–Crippen MR) is 122 cm³/mol. The molecule has 1 fully saturated rings. The van der Waals surface area contributed by atoms with Crippen molar-refractivity contribution in [2.75, 3.05) is 11.9 Å². The molecule has 162 valence electrons. The van der Waals surface area contributed by atoms with Gasteiger partial charge in [0.25, 0.3) is 10.0 Å². The number of benzene rings is 2. The molecule has 11 heteroatoms. The molecule has 2 aromatic carbocycles. The van der Waals surface area contributed by atoms with Crippen molar-refractivity contribution in [3.05, 3.63) is 71.5 Å². The van der Waals surface area contributed by atoms with Gasteiger partial charge >= 0.3 is 0 Å². The number of rotatable bonds is 7. The van der Waals surface area contributed by atoms with Gasteiger partial charge in [-0.25, -0.2) is 4.39 Å². The smallest absolute Gasteiger partial charge is 0.284 e. The normalized spacial score (nSPS) is 17.7. The molecule has 1 N–H and O–H groups in total. The average molecular weight is 526 g/mol. The number of hydrogen-bond acceptors (Lipinski definition) is 5. The van der Waals surface area contributed by atoms with E-state index in [1.165, 1.54) is 47.4 Å². The van der Waals surface area contributed by atoms with Gasteiger partial charge in [0, 0.05) is 23.1 Å². The van der Waals surface area contributed by atoms with Crippen LogP contribution in [-0.4, -0.2) is 42.1 Å². The standard InChI is InChI=1S/C20H17BrFN3O4S2/c1-2-11-25-19(27)17(12-18(26)23-15-7-5-14(22)6-8-15)30-20(25)24-31(28,29)16-9-3-13(21)4-10-16/h2-10,17H,1,11-12H2,(H,23,26)/t17-/m1/s1. The van der Waals surface area contributed by atoms with E-state index in [1.807, 2.05) is 0 Å². The number of nitrogens with one attached hydrogen (secondary N) is 1. The van der Waals surface area contributed by atoms with E-state index in [2.05, 4.69) is 32.2 Å². The van der Waals surface area contributed by atoms with Crippen LogP contribution in [0.1, 0.15) is 6.42 Å². The molecule has 1 saturated heterocycles. The zero-order valence-electron chi connectivity index (χ0n) is 16.0. The first-order chi connectivity index (χ1) is 14.7. The largest absolute Gasteiger partial charge is 0.326 e. The van der Waals surface area contributed by atoms with E-state index in [-0.39, 0.29) is 23.0 Å². The second-order valence-corrected chi connectivity index (χ2v) is 10.1. The van der Waals surface area contributed by atoms with Crippen molar-refractivity contribution >= 4 is 60.4 Å². The number of sulfonamides is 1. The summed E-state index contributed by atoms with van der Waals surface area (Å²) in [5.41, 5.74) is 0.386. The number of anilines is 1. The van der Waals surface area contributed by atoms with Gasteiger partial charge in [-0.3, -0.25) is 14.5 Å². The minimum absolute atomic E-state index is 0.0209. The van der Waals surface area contributed by atoms with E-state index >= 15 is 0 Å². The molecule has 1 aliphatic rings. The van der Waals surface area contributed by atoms with Gasteiger partial charge in [-0.2, -0.15) is 8.42 Å². The molecule has 0 aliphatic carbocycles. The molecule has 1 atom stereocenters. The van der Waals surface area contributed by atoms with Crippen LogP contribution in [0.15, 0.2) is 75.0 Å². The Labute approximate surface area is 191 Å². The monoisotopic (exact) mass is 525 g/mol. The highest BCUT2D eigenvalue weighted by Crippen LogP contribution is 2.31. The number of carbonyl (C=O) groups excluding carboxylic acids is 2. The van der Waals surface area contributed by atoms with E-state index in [1.54, 1.807) is 12.1 Å². The number of amidine groups is 1. The number of nitrogens with zero attached hydrogens (tertiary/aromatic N) is 2. The zero-order valence-corrected chi connectivity index (χ0v) is 19.2. The van der Waals surface area contributed by atoms with Crippen molar-refractivity contribution in [3.63, 3.8) is 0 Å². The van der Waals surface area contributed by atoms with E-state index < -0.39 is 32.9 Å². The maximum Gasteiger partial charge on any atom is 0.284 e. The molecule has 2 aromatic rings. The predicted octanol–water partition coefficient (Wildman–Crippen LogP) is 3.79. The summed E-state index contributed by atoms with van der Waals surface area (Å²) in [5, 5.41) is 1.72. The lowest BCUT2D eigenvalue weighted by molar-refractivity contribution is -0.127. The van der Waals surface area contributed by atoms with Crippen LogP contribution < -0.4 is 5.32 Å². The van der Waals surface area contributed by atoms with Gasteiger partial charge in [-0.1, -0.05) is 33.8 Å². The molecule has 1 aliphatic heterocycles. The first-order valence-electron chi connectivity index (χ1n) is 8.94. The number of halogens is 2.